The van der Waals surface area contributed by atoms with Crippen molar-refractivity contribution in [1.82, 2.24) is 0 Å². The number of ether oxygens (including phenoxy) is 1. The van der Waals surface area contributed by atoms with Gasteiger partial charge < -0.3 is 4.74 Å². The first kappa shape index (κ1) is 14.2. The lowest BCUT2D eigenvalue weighted by molar-refractivity contribution is -0.145. The van der Waals surface area contributed by atoms with E-state index in [1.54, 1.807) is 0 Å². The van der Waals surface area contributed by atoms with Crippen molar-refractivity contribution in [3.8, 4) is 0 Å². The smallest absolute Gasteiger partial charge is 0.308 e. The maximum absolute atomic E-state index is 11.5. The summed E-state index contributed by atoms with van der Waals surface area (Å²) < 4.78 is 4.81. The molecule has 0 heterocycles. The highest BCUT2D eigenvalue weighted by Gasteiger charge is 2.17. The number of hydrogen-bond donors (Lipinski definition) is 0. The number of benzene rings is 1. The monoisotopic (exact) mass is 298 g/mol. The Kier molecular flexibility index (Phi) is 6.94. The molecule has 1 unspecified atom stereocenters. The molecule has 3 heteroatoms. The molecule has 0 saturated heterocycles. The molecular weight excluding hydrogens is 280 g/mol. The zero-order valence-electron chi connectivity index (χ0n) is 10.2. The van der Waals surface area contributed by atoms with Crippen LogP contribution in [-0.2, 0) is 16.0 Å². The molecule has 2 nitrogen and oxygen atoms in total. The summed E-state index contributed by atoms with van der Waals surface area (Å²) >= 11 is 3.38. The number of halogens is 1. The molecule has 0 aromatic heterocycles. The summed E-state index contributed by atoms with van der Waals surface area (Å²) in [6, 6.07) is 10.4. The van der Waals surface area contributed by atoms with Crippen LogP contribution in [0.1, 0.15) is 24.8 Å². The average Bonchev–Trinajstić information content (AvgIpc) is 2.38. The van der Waals surface area contributed by atoms with Crippen molar-refractivity contribution in [1.29, 1.82) is 0 Å². The van der Waals surface area contributed by atoms with Gasteiger partial charge in [-0.1, -0.05) is 46.3 Å². The highest BCUT2D eigenvalue weighted by Crippen LogP contribution is 2.16. The Morgan fingerprint density at radius 3 is 2.59 bits per heavy atom. The molecule has 0 saturated carbocycles. The van der Waals surface area contributed by atoms with Gasteiger partial charge in [0.2, 0.25) is 0 Å². The molecule has 0 spiro atoms. The topological polar surface area (TPSA) is 26.3 Å². The Labute approximate surface area is 111 Å². The van der Waals surface area contributed by atoms with E-state index in [0.717, 1.165) is 31.0 Å². The number of alkyl halides is 1. The van der Waals surface area contributed by atoms with E-state index in [-0.39, 0.29) is 11.9 Å². The van der Waals surface area contributed by atoms with Gasteiger partial charge in [-0.05, 0) is 31.2 Å². The van der Waals surface area contributed by atoms with Crippen LogP contribution >= 0.6 is 15.9 Å². The van der Waals surface area contributed by atoms with E-state index >= 15 is 0 Å². The number of esters is 1. The van der Waals surface area contributed by atoms with Gasteiger partial charge >= 0.3 is 5.97 Å². The Balaban J connectivity index is 2.34. The molecule has 0 N–H and O–H groups in total. The molecule has 1 aromatic carbocycles. The minimum atomic E-state index is -0.0856. The maximum Gasteiger partial charge on any atom is 0.308 e. The molecule has 1 rings (SSSR count). The first-order valence-electron chi connectivity index (χ1n) is 5.95. The van der Waals surface area contributed by atoms with Crippen molar-refractivity contribution in [2.45, 2.75) is 25.7 Å². The molecule has 0 bridgehead atoms. The largest absolute Gasteiger partial charge is 0.469 e. The first-order chi connectivity index (χ1) is 8.27. The van der Waals surface area contributed by atoms with Gasteiger partial charge in [0.05, 0.1) is 13.0 Å². The van der Waals surface area contributed by atoms with Gasteiger partial charge in [0, 0.05) is 5.33 Å². The molecule has 1 aromatic rings. The highest BCUT2D eigenvalue weighted by molar-refractivity contribution is 9.09. The van der Waals surface area contributed by atoms with Crippen molar-refractivity contribution in [3.05, 3.63) is 35.9 Å². The normalized spacial score (nSPS) is 12.1. The summed E-state index contributed by atoms with van der Waals surface area (Å²) in [6.45, 7) is 0. The molecule has 0 amide bonds. The van der Waals surface area contributed by atoms with E-state index in [1.165, 1.54) is 12.7 Å². The van der Waals surface area contributed by atoms with Crippen LogP contribution in [0.15, 0.2) is 30.3 Å². The Morgan fingerprint density at radius 2 is 2.00 bits per heavy atom. The fourth-order valence-corrected chi connectivity index (χ4v) is 2.43. The Morgan fingerprint density at radius 1 is 1.29 bits per heavy atom. The van der Waals surface area contributed by atoms with Crippen LogP contribution < -0.4 is 0 Å². The molecule has 0 aliphatic rings. The fourth-order valence-electron chi connectivity index (χ4n) is 1.88. The SMILES string of the molecule is COC(=O)C(CCBr)CCCc1ccccc1. The summed E-state index contributed by atoms with van der Waals surface area (Å²) in [5.41, 5.74) is 1.33. The van der Waals surface area contributed by atoms with Gasteiger partial charge in [-0.25, -0.2) is 0 Å². The average molecular weight is 299 g/mol. The van der Waals surface area contributed by atoms with Crippen molar-refractivity contribution in [2.24, 2.45) is 5.92 Å². The van der Waals surface area contributed by atoms with E-state index in [9.17, 15) is 4.79 Å². The van der Waals surface area contributed by atoms with Gasteiger partial charge in [-0.2, -0.15) is 0 Å². The second kappa shape index (κ2) is 8.29. The van der Waals surface area contributed by atoms with E-state index in [2.05, 4.69) is 28.1 Å². The minimum absolute atomic E-state index is 0.0306. The zero-order valence-corrected chi connectivity index (χ0v) is 11.8. The van der Waals surface area contributed by atoms with Crippen LogP contribution in [0.3, 0.4) is 0 Å². The molecule has 1 atom stereocenters. The van der Waals surface area contributed by atoms with Gasteiger partial charge in [0.25, 0.3) is 0 Å². The Hall–Kier alpha value is -0.830. The van der Waals surface area contributed by atoms with Crippen molar-refractivity contribution in [3.63, 3.8) is 0 Å². The molecule has 0 aliphatic heterocycles. The summed E-state index contributed by atoms with van der Waals surface area (Å²) in [5.74, 6) is -0.0550. The number of hydrogen-bond acceptors (Lipinski definition) is 2. The molecular formula is C14H19BrO2. The lowest BCUT2D eigenvalue weighted by atomic mass is 9.97. The molecule has 17 heavy (non-hydrogen) atoms. The lowest BCUT2D eigenvalue weighted by Crippen LogP contribution is -2.17. The van der Waals surface area contributed by atoms with Gasteiger partial charge in [0.1, 0.15) is 0 Å². The molecule has 0 radical (unpaired) electrons. The third-order valence-corrected chi connectivity index (χ3v) is 3.31. The third kappa shape index (κ3) is 5.35. The van der Waals surface area contributed by atoms with Crippen LogP contribution in [0.25, 0.3) is 0 Å². The summed E-state index contributed by atoms with van der Waals surface area (Å²) in [6.07, 6.45) is 3.79. The number of rotatable bonds is 7. The lowest BCUT2D eigenvalue weighted by Gasteiger charge is -2.12. The quantitative estimate of drug-likeness (QED) is 0.568. The van der Waals surface area contributed by atoms with Crippen LogP contribution in [0.2, 0.25) is 0 Å². The maximum atomic E-state index is 11.5. The van der Waals surface area contributed by atoms with Crippen molar-refractivity contribution < 1.29 is 9.53 Å². The number of methoxy groups -OCH3 is 1. The molecule has 0 aliphatic carbocycles. The molecule has 94 valence electrons. The minimum Gasteiger partial charge on any atom is -0.469 e. The van der Waals surface area contributed by atoms with Crippen LogP contribution in [-0.4, -0.2) is 18.4 Å². The van der Waals surface area contributed by atoms with Gasteiger partial charge in [-0.3, -0.25) is 4.79 Å². The fraction of sp³-hybridized carbons (Fsp3) is 0.500. The van der Waals surface area contributed by atoms with Crippen LogP contribution in [0.5, 0.6) is 0 Å². The predicted molar refractivity (Wildman–Crippen MR) is 73.3 cm³/mol. The number of carbonyl (C=O) groups is 1. The highest BCUT2D eigenvalue weighted by atomic mass is 79.9. The zero-order chi connectivity index (χ0) is 12.5. The Bertz CT molecular complexity index is 324. The number of aryl methyl sites for hydroxylation is 1. The van der Waals surface area contributed by atoms with Crippen molar-refractivity contribution >= 4 is 21.9 Å². The van der Waals surface area contributed by atoms with Gasteiger partial charge in [0.15, 0.2) is 0 Å². The van der Waals surface area contributed by atoms with Crippen LogP contribution in [0.4, 0.5) is 0 Å². The van der Waals surface area contributed by atoms with Crippen molar-refractivity contribution in [2.75, 3.05) is 12.4 Å². The number of carbonyl (C=O) groups excluding carboxylic acids is 1. The second-order valence-electron chi connectivity index (χ2n) is 4.08. The van der Waals surface area contributed by atoms with Gasteiger partial charge in [-0.15, -0.1) is 0 Å². The van der Waals surface area contributed by atoms with E-state index in [1.807, 2.05) is 18.2 Å². The van der Waals surface area contributed by atoms with E-state index in [0.29, 0.717) is 0 Å². The third-order valence-electron chi connectivity index (χ3n) is 2.85. The predicted octanol–water partition coefficient (Wildman–Crippen LogP) is 3.58. The summed E-state index contributed by atoms with van der Waals surface area (Å²) in [4.78, 5) is 11.5. The summed E-state index contributed by atoms with van der Waals surface area (Å²) in [5, 5.41) is 0.845. The first-order valence-corrected chi connectivity index (χ1v) is 7.07. The second-order valence-corrected chi connectivity index (χ2v) is 4.87. The van der Waals surface area contributed by atoms with E-state index in [4.69, 9.17) is 4.74 Å². The summed E-state index contributed by atoms with van der Waals surface area (Å²) in [7, 11) is 1.46. The standard InChI is InChI=1S/C14H19BrO2/c1-17-14(16)13(10-11-15)9-5-8-12-6-3-2-4-7-12/h2-4,6-7,13H,5,8-11H2,1H3. The van der Waals surface area contributed by atoms with Crippen LogP contribution in [0, 0.1) is 5.92 Å². The molecule has 0 fully saturated rings. The van der Waals surface area contributed by atoms with E-state index < -0.39 is 0 Å².